The Morgan fingerprint density at radius 1 is 1.25 bits per heavy atom. The van der Waals surface area contributed by atoms with Gasteiger partial charge >= 0.3 is 0 Å². The number of nitrogens with one attached hydrogen (secondary N) is 1. The Kier molecular flexibility index (Phi) is 5.62. The highest BCUT2D eigenvalue weighted by Gasteiger charge is 2.13. The summed E-state index contributed by atoms with van der Waals surface area (Å²) in [6.45, 7) is 9.72. The molecule has 0 unspecified atom stereocenters. The number of fused-ring (bicyclic) bond motifs is 1. The largest absolute Gasteiger partial charge is 0.458 e. The summed E-state index contributed by atoms with van der Waals surface area (Å²) in [4.78, 5) is 0. The summed E-state index contributed by atoms with van der Waals surface area (Å²) in [5.74, 6) is 1.60. The second kappa shape index (κ2) is 7.46. The molecule has 0 saturated heterocycles. The molecule has 0 atom stereocenters. The topological polar surface area (TPSA) is 34.4 Å². The summed E-state index contributed by atoms with van der Waals surface area (Å²) >= 11 is 0. The van der Waals surface area contributed by atoms with Crippen molar-refractivity contribution in [3.8, 4) is 0 Å². The molecule has 1 aromatic carbocycles. The van der Waals surface area contributed by atoms with Gasteiger partial charge in [-0.1, -0.05) is 39.0 Å². The first kappa shape index (κ1) is 15.1. The first-order valence-corrected chi connectivity index (χ1v) is 7.50. The molecule has 0 radical (unpaired) electrons. The lowest BCUT2D eigenvalue weighted by atomic mass is 10.1. The Balaban J connectivity index is 2.15. The summed E-state index contributed by atoms with van der Waals surface area (Å²) < 4.78 is 11.6. The Morgan fingerprint density at radius 2 is 2.05 bits per heavy atom. The summed E-state index contributed by atoms with van der Waals surface area (Å²) in [6.07, 6.45) is 1.03. The van der Waals surface area contributed by atoms with E-state index in [9.17, 15) is 0 Å². The van der Waals surface area contributed by atoms with E-state index in [2.05, 4.69) is 38.2 Å². The van der Waals surface area contributed by atoms with Crippen molar-refractivity contribution in [3.63, 3.8) is 0 Å². The first-order chi connectivity index (χ1) is 9.72. The standard InChI is InChI=1S/C17H25NO2/c1-4-9-19-12-17-15(11-18-10-13(2)3)14-7-5-6-8-16(14)20-17/h5-8,13,18H,4,9-12H2,1-3H3. The smallest absolute Gasteiger partial charge is 0.135 e. The second-order valence-electron chi connectivity index (χ2n) is 5.58. The number of furan rings is 1. The van der Waals surface area contributed by atoms with Crippen LogP contribution in [0.15, 0.2) is 28.7 Å². The van der Waals surface area contributed by atoms with Gasteiger partial charge < -0.3 is 14.5 Å². The fourth-order valence-corrected chi connectivity index (χ4v) is 2.25. The van der Waals surface area contributed by atoms with Crippen molar-refractivity contribution in [3.05, 3.63) is 35.6 Å². The van der Waals surface area contributed by atoms with Gasteiger partial charge in [-0.05, 0) is 24.9 Å². The van der Waals surface area contributed by atoms with Crippen molar-refractivity contribution in [2.45, 2.75) is 40.3 Å². The molecule has 0 saturated carbocycles. The van der Waals surface area contributed by atoms with Crippen LogP contribution in [-0.2, 0) is 17.9 Å². The van der Waals surface area contributed by atoms with Crippen LogP contribution in [0, 0.1) is 5.92 Å². The van der Waals surface area contributed by atoms with Crippen LogP contribution in [0.25, 0.3) is 11.0 Å². The number of hydrogen-bond donors (Lipinski definition) is 1. The SMILES string of the molecule is CCCOCc1oc2ccccc2c1CNCC(C)C. The van der Waals surface area contributed by atoms with Gasteiger partial charge in [-0.2, -0.15) is 0 Å². The van der Waals surface area contributed by atoms with E-state index in [-0.39, 0.29) is 0 Å². The molecular weight excluding hydrogens is 250 g/mol. The van der Waals surface area contributed by atoms with E-state index >= 15 is 0 Å². The maximum Gasteiger partial charge on any atom is 0.135 e. The van der Waals surface area contributed by atoms with Crippen LogP contribution < -0.4 is 5.32 Å². The van der Waals surface area contributed by atoms with Crippen molar-refractivity contribution in [1.29, 1.82) is 0 Å². The van der Waals surface area contributed by atoms with Gasteiger partial charge in [-0.3, -0.25) is 0 Å². The Bertz CT molecular complexity index is 531. The Morgan fingerprint density at radius 3 is 2.80 bits per heavy atom. The van der Waals surface area contributed by atoms with E-state index in [0.29, 0.717) is 12.5 Å². The third-order valence-electron chi connectivity index (χ3n) is 3.22. The van der Waals surface area contributed by atoms with Crippen molar-refractivity contribution >= 4 is 11.0 Å². The van der Waals surface area contributed by atoms with Gasteiger partial charge in [-0.25, -0.2) is 0 Å². The molecule has 0 aliphatic carbocycles. The highest BCUT2D eigenvalue weighted by atomic mass is 16.5. The second-order valence-corrected chi connectivity index (χ2v) is 5.58. The number of hydrogen-bond acceptors (Lipinski definition) is 3. The minimum Gasteiger partial charge on any atom is -0.458 e. The lowest BCUT2D eigenvalue weighted by Crippen LogP contribution is -2.19. The fourth-order valence-electron chi connectivity index (χ4n) is 2.25. The normalized spacial score (nSPS) is 11.6. The summed E-state index contributed by atoms with van der Waals surface area (Å²) in [5.41, 5.74) is 2.18. The van der Waals surface area contributed by atoms with Crippen molar-refractivity contribution in [2.24, 2.45) is 5.92 Å². The monoisotopic (exact) mass is 275 g/mol. The minimum atomic E-state index is 0.557. The molecule has 1 aromatic heterocycles. The molecule has 110 valence electrons. The van der Waals surface area contributed by atoms with Crippen molar-refractivity contribution in [1.82, 2.24) is 5.32 Å². The van der Waals surface area contributed by atoms with Gasteiger partial charge in [0.1, 0.15) is 18.0 Å². The summed E-state index contributed by atoms with van der Waals surface area (Å²) in [5, 5.41) is 4.69. The molecule has 0 spiro atoms. The Hall–Kier alpha value is -1.32. The summed E-state index contributed by atoms with van der Waals surface area (Å²) in [6, 6.07) is 8.20. The van der Waals surface area contributed by atoms with Crippen molar-refractivity contribution in [2.75, 3.05) is 13.2 Å². The van der Waals surface area contributed by atoms with E-state index in [1.165, 1.54) is 10.9 Å². The quantitative estimate of drug-likeness (QED) is 0.736. The van der Waals surface area contributed by atoms with E-state index < -0.39 is 0 Å². The molecule has 1 heterocycles. The molecule has 0 aliphatic rings. The molecule has 0 aliphatic heterocycles. The molecule has 2 rings (SSSR count). The van der Waals surface area contributed by atoms with Gasteiger partial charge in [0.05, 0.1) is 0 Å². The molecule has 3 nitrogen and oxygen atoms in total. The van der Waals surface area contributed by atoms with E-state index in [1.54, 1.807) is 0 Å². The maximum absolute atomic E-state index is 5.94. The number of rotatable bonds is 8. The van der Waals surface area contributed by atoms with Gasteiger partial charge in [0, 0.05) is 24.1 Å². The van der Waals surface area contributed by atoms with Crippen LogP contribution in [0.1, 0.15) is 38.5 Å². The van der Waals surface area contributed by atoms with E-state index in [4.69, 9.17) is 9.15 Å². The van der Waals surface area contributed by atoms with Crippen LogP contribution in [0.2, 0.25) is 0 Å². The molecule has 0 bridgehead atoms. The van der Waals surface area contributed by atoms with E-state index in [0.717, 1.165) is 37.5 Å². The molecule has 1 N–H and O–H groups in total. The average molecular weight is 275 g/mol. The van der Waals surface area contributed by atoms with Gasteiger partial charge in [0.2, 0.25) is 0 Å². The zero-order chi connectivity index (χ0) is 14.4. The highest BCUT2D eigenvalue weighted by Crippen LogP contribution is 2.26. The molecule has 0 fully saturated rings. The van der Waals surface area contributed by atoms with Gasteiger partial charge in [-0.15, -0.1) is 0 Å². The molecular formula is C17H25NO2. The average Bonchev–Trinajstić information content (AvgIpc) is 2.77. The molecule has 2 aromatic rings. The minimum absolute atomic E-state index is 0.557. The predicted molar refractivity (Wildman–Crippen MR) is 82.7 cm³/mol. The van der Waals surface area contributed by atoms with Crippen LogP contribution in [0.4, 0.5) is 0 Å². The molecule has 0 amide bonds. The highest BCUT2D eigenvalue weighted by molar-refractivity contribution is 5.82. The fraction of sp³-hybridized carbons (Fsp3) is 0.529. The maximum atomic E-state index is 5.94. The van der Waals surface area contributed by atoms with Crippen LogP contribution >= 0.6 is 0 Å². The summed E-state index contributed by atoms with van der Waals surface area (Å²) in [7, 11) is 0. The number of para-hydroxylation sites is 1. The predicted octanol–water partition coefficient (Wildman–Crippen LogP) is 4.11. The molecule has 20 heavy (non-hydrogen) atoms. The molecule has 3 heteroatoms. The van der Waals surface area contributed by atoms with E-state index in [1.807, 2.05) is 12.1 Å². The lowest BCUT2D eigenvalue weighted by Gasteiger charge is -2.08. The van der Waals surface area contributed by atoms with Crippen molar-refractivity contribution < 1.29 is 9.15 Å². The zero-order valence-electron chi connectivity index (χ0n) is 12.7. The van der Waals surface area contributed by atoms with Gasteiger partial charge in [0.25, 0.3) is 0 Å². The zero-order valence-corrected chi connectivity index (χ0v) is 12.7. The Labute approximate surface area is 121 Å². The van der Waals surface area contributed by atoms with Crippen LogP contribution in [0.3, 0.4) is 0 Å². The number of benzene rings is 1. The van der Waals surface area contributed by atoms with Crippen LogP contribution in [-0.4, -0.2) is 13.2 Å². The third-order valence-corrected chi connectivity index (χ3v) is 3.22. The number of ether oxygens (including phenoxy) is 1. The first-order valence-electron chi connectivity index (χ1n) is 7.50. The lowest BCUT2D eigenvalue weighted by molar-refractivity contribution is 0.107. The van der Waals surface area contributed by atoms with Gasteiger partial charge in [0.15, 0.2) is 0 Å². The third kappa shape index (κ3) is 3.84. The van der Waals surface area contributed by atoms with Crippen LogP contribution in [0.5, 0.6) is 0 Å².